The summed E-state index contributed by atoms with van der Waals surface area (Å²) >= 11 is 0. The van der Waals surface area contributed by atoms with Crippen LogP contribution < -0.4 is 10.6 Å². The molecule has 4 nitrogen and oxygen atoms in total. The summed E-state index contributed by atoms with van der Waals surface area (Å²) < 4.78 is 0. The maximum atomic E-state index is 11.3. The van der Waals surface area contributed by atoms with Crippen molar-refractivity contribution in [3.63, 3.8) is 0 Å². The normalized spacial score (nSPS) is 10.2. The SMILES string of the molecule is CC=CC(=O)Nc1cccc(NC(=O)CC)c1. The highest BCUT2D eigenvalue weighted by Crippen LogP contribution is 2.15. The second-order valence-electron chi connectivity index (χ2n) is 3.47. The van der Waals surface area contributed by atoms with E-state index in [1.807, 2.05) is 0 Å². The molecule has 0 atom stereocenters. The maximum absolute atomic E-state index is 11.3. The van der Waals surface area contributed by atoms with Gasteiger partial charge >= 0.3 is 0 Å². The number of benzene rings is 1. The van der Waals surface area contributed by atoms with Crippen molar-refractivity contribution in [1.29, 1.82) is 0 Å². The Morgan fingerprint density at radius 2 is 1.88 bits per heavy atom. The number of hydrogen-bond donors (Lipinski definition) is 2. The molecule has 0 saturated carbocycles. The lowest BCUT2D eigenvalue weighted by Gasteiger charge is -2.06. The van der Waals surface area contributed by atoms with Crippen molar-refractivity contribution < 1.29 is 9.59 Å². The Morgan fingerprint density at radius 1 is 1.24 bits per heavy atom. The van der Waals surface area contributed by atoms with Gasteiger partial charge in [-0.2, -0.15) is 0 Å². The third-order valence-electron chi connectivity index (χ3n) is 2.05. The van der Waals surface area contributed by atoms with Crippen LogP contribution in [0.2, 0.25) is 0 Å². The topological polar surface area (TPSA) is 58.2 Å². The minimum Gasteiger partial charge on any atom is -0.326 e. The quantitative estimate of drug-likeness (QED) is 0.784. The second kappa shape index (κ2) is 6.48. The van der Waals surface area contributed by atoms with Gasteiger partial charge in [0.2, 0.25) is 11.8 Å². The fourth-order valence-electron chi connectivity index (χ4n) is 1.26. The Balaban J connectivity index is 2.72. The lowest BCUT2D eigenvalue weighted by Crippen LogP contribution is -2.11. The molecule has 0 bridgehead atoms. The number of rotatable bonds is 4. The van der Waals surface area contributed by atoms with Gasteiger partial charge in [0.05, 0.1) is 0 Å². The second-order valence-corrected chi connectivity index (χ2v) is 3.47. The van der Waals surface area contributed by atoms with Gasteiger partial charge < -0.3 is 10.6 Å². The molecule has 4 heteroatoms. The van der Waals surface area contributed by atoms with Crippen molar-refractivity contribution in [2.24, 2.45) is 0 Å². The average molecular weight is 232 g/mol. The molecule has 2 amide bonds. The van der Waals surface area contributed by atoms with Gasteiger partial charge in [-0.1, -0.05) is 19.1 Å². The largest absolute Gasteiger partial charge is 0.326 e. The summed E-state index contributed by atoms with van der Waals surface area (Å²) in [7, 11) is 0. The van der Waals surface area contributed by atoms with Crippen LogP contribution >= 0.6 is 0 Å². The molecule has 1 rings (SSSR count). The minimum atomic E-state index is -0.188. The van der Waals surface area contributed by atoms with Crippen LogP contribution in [-0.4, -0.2) is 11.8 Å². The Kier molecular flexibility index (Phi) is 4.94. The molecule has 1 aromatic carbocycles. The molecule has 0 radical (unpaired) electrons. The van der Waals surface area contributed by atoms with Crippen LogP contribution in [0.25, 0.3) is 0 Å². The zero-order chi connectivity index (χ0) is 12.7. The van der Waals surface area contributed by atoms with Crippen molar-refractivity contribution in [2.75, 3.05) is 10.6 Å². The van der Waals surface area contributed by atoms with Crippen molar-refractivity contribution >= 4 is 23.2 Å². The average Bonchev–Trinajstić information content (AvgIpc) is 2.29. The predicted octanol–water partition coefficient (Wildman–Crippen LogP) is 2.55. The number of nitrogens with one attached hydrogen (secondary N) is 2. The first-order valence-electron chi connectivity index (χ1n) is 5.49. The monoisotopic (exact) mass is 232 g/mol. The van der Waals surface area contributed by atoms with E-state index in [-0.39, 0.29) is 11.8 Å². The predicted molar refractivity (Wildman–Crippen MR) is 68.8 cm³/mol. The van der Waals surface area contributed by atoms with Crippen molar-refractivity contribution in [3.8, 4) is 0 Å². The van der Waals surface area contributed by atoms with Gasteiger partial charge in [-0.05, 0) is 31.2 Å². The highest BCUT2D eigenvalue weighted by molar-refractivity contribution is 6.00. The number of carbonyl (C=O) groups excluding carboxylic acids is 2. The van der Waals surface area contributed by atoms with Gasteiger partial charge in [0.25, 0.3) is 0 Å². The highest BCUT2D eigenvalue weighted by Gasteiger charge is 2.01. The molecule has 0 aliphatic carbocycles. The van der Waals surface area contributed by atoms with E-state index in [9.17, 15) is 9.59 Å². The molecule has 0 heterocycles. The van der Waals surface area contributed by atoms with Crippen molar-refractivity contribution in [3.05, 3.63) is 36.4 Å². The summed E-state index contributed by atoms with van der Waals surface area (Å²) in [4.78, 5) is 22.5. The van der Waals surface area contributed by atoms with Crippen LogP contribution in [0.4, 0.5) is 11.4 Å². The van der Waals surface area contributed by atoms with E-state index in [1.165, 1.54) is 6.08 Å². The Labute approximate surface area is 101 Å². The number of anilines is 2. The van der Waals surface area contributed by atoms with Crippen molar-refractivity contribution in [1.82, 2.24) is 0 Å². The molecule has 0 spiro atoms. The molecule has 0 aliphatic rings. The Morgan fingerprint density at radius 3 is 2.47 bits per heavy atom. The third-order valence-corrected chi connectivity index (χ3v) is 2.05. The fraction of sp³-hybridized carbons (Fsp3) is 0.231. The molecule has 1 aromatic rings. The molecular weight excluding hydrogens is 216 g/mol. The van der Waals surface area contributed by atoms with Gasteiger partial charge in [0.15, 0.2) is 0 Å². The summed E-state index contributed by atoms with van der Waals surface area (Å²) in [5.41, 5.74) is 1.33. The van der Waals surface area contributed by atoms with E-state index in [0.29, 0.717) is 17.8 Å². The van der Waals surface area contributed by atoms with Crippen molar-refractivity contribution in [2.45, 2.75) is 20.3 Å². The zero-order valence-electron chi connectivity index (χ0n) is 9.99. The molecule has 0 aromatic heterocycles. The van der Waals surface area contributed by atoms with Crippen LogP contribution in [0, 0.1) is 0 Å². The zero-order valence-corrected chi connectivity index (χ0v) is 9.99. The van der Waals surface area contributed by atoms with E-state index in [0.717, 1.165) is 0 Å². The lowest BCUT2D eigenvalue weighted by molar-refractivity contribution is -0.116. The summed E-state index contributed by atoms with van der Waals surface area (Å²) in [6.45, 7) is 3.56. The number of amides is 2. The van der Waals surface area contributed by atoms with Gasteiger partial charge in [-0.25, -0.2) is 0 Å². The first-order valence-corrected chi connectivity index (χ1v) is 5.49. The summed E-state index contributed by atoms with van der Waals surface area (Å²) in [5.74, 6) is -0.242. The number of hydrogen-bond acceptors (Lipinski definition) is 2. The smallest absolute Gasteiger partial charge is 0.248 e. The Hall–Kier alpha value is -2.10. The third kappa shape index (κ3) is 4.51. The van der Waals surface area contributed by atoms with Gasteiger partial charge in [-0.15, -0.1) is 0 Å². The van der Waals surface area contributed by atoms with Crippen LogP contribution in [0.5, 0.6) is 0 Å². The molecule has 0 fully saturated rings. The van der Waals surface area contributed by atoms with E-state index in [1.54, 1.807) is 44.2 Å². The maximum Gasteiger partial charge on any atom is 0.248 e. The molecule has 0 saturated heterocycles. The van der Waals surface area contributed by atoms with Gasteiger partial charge in [0, 0.05) is 17.8 Å². The van der Waals surface area contributed by atoms with Gasteiger partial charge in [0.1, 0.15) is 0 Å². The molecule has 0 aliphatic heterocycles. The molecule has 90 valence electrons. The van der Waals surface area contributed by atoms with E-state index in [4.69, 9.17) is 0 Å². The van der Waals surface area contributed by atoms with Crippen LogP contribution in [0.1, 0.15) is 20.3 Å². The Bertz CT molecular complexity index is 439. The first-order chi connectivity index (χ1) is 8.15. The number of allylic oxidation sites excluding steroid dienone is 1. The molecule has 0 unspecified atom stereocenters. The number of carbonyl (C=O) groups is 2. The highest BCUT2D eigenvalue weighted by atomic mass is 16.2. The molecule has 17 heavy (non-hydrogen) atoms. The van der Waals surface area contributed by atoms with E-state index < -0.39 is 0 Å². The molecule has 2 N–H and O–H groups in total. The summed E-state index contributed by atoms with van der Waals surface area (Å²) in [5, 5.41) is 5.43. The van der Waals surface area contributed by atoms with Gasteiger partial charge in [-0.3, -0.25) is 9.59 Å². The molecular formula is C13H16N2O2. The van der Waals surface area contributed by atoms with Crippen LogP contribution in [0.15, 0.2) is 36.4 Å². The first kappa shape index (κ1) is 13.0. The van der Waals surface area contributed by atoms with Crippen LogP contribution in [0.3, 0.4) is 0 Å². The summed E-state index contributed by atoms with van der Waals surface area (Å²) in [6.07, 6.45) is 3.53. The van der Waals surface area contributed by atoms with E-state index >= 15 is 0 Å². The summed E-state index contributed by atoms with van der Waals surface area (Å²) in [6, 6.07) is 7.04. The van der Waals surface area contributed by atoms with E-state index in [2.05, 4.69) is 10.6 Å². The van der Waals surface area contributed by atoms with Crippen LogP contribution in [-0.2, 0) is 9.59 Å². The fourth-order valence-corrected chi connectivity index (χ4v) is 1.26. The lowest BCUT2D eigenvalue weighted by atomic mass is 10.2. The minimum absolute atomic E-state index is 0.0538. The standard InChI is InChI=1S/C13H16N2O2/c1-3-6-13(17)15-11-8-5-7-10(9-11)14-12(16)4-2/h3,5-9H,4H2,1-2H3,(H,14,16)(H,15,17).